The molecule has 8 heteroatoms. The van der Waals surface area contributed by atoms with E-state index in [1.165, 1.54) is 18.2 Å². The molecule has 1 saturated heterocycles. The van der Waals surface area contributed by atoms with Crippen molar-refractivity contribution >= 4 is 22.4 Å². The number of halogens is 2. The van der Waals surface area contributed by atoms with Gasteiger partial charge in [-0.15, -0.1) is 0 Å². The zero-order chi connectivity index (χ0) is 16.7. The molecule has 1 aliphatic heterocycles. The molecule has 2 aromatic carbocycles. The lowest BCUT2D eigenvalue weighted by molar-refractivity contribution is -0.782. The number of hydrogen-bond donors (Lipinski definition) is 0. The number of rotatable bonds is 2. The molecule has 0 aliphatic carbocycles. The molecule has 1 aromatic heterocycles. The quantitative estimate of drug-likeness (QED) is 0.673. The van der Waals surface area contributed by atoms with Gasteiger partial charge in [0.25, 0.3) is 5.52 Å². The smallest absolute Gasteiger partial charge is 0.250 e. The molecule has 0 bridgehead atoms. The summed E-state index contributed by atoms with van der Waals surface area (Å²) in [6, 6.07) is 8.99. The minimum absolute atomic E-state index is 0.0706. The molecule has 24 heavy (non-hydrogen) atoms. The Hall–Kier alpha value is -2.90. The van der Waals surface area contributed by atoms with Crippen molar-refractivity contribution in [2.75, 3.05) is 36.0 Å². The SMILES string of the molecule is [O-][n+]1onc2cc(N3CCN(c4ccc(F)cc4)CC3)c(F)cc21. The summed E-state index contributed by atoms with van der Waals surface area (Å²) in [5.74, 6) is -0.749. The Morgan fingerprint density at radius 1 is 1.00 bits per heavy atom. The van der Waals surface area contributed by atoms with E-state index < -0.39 is 5.82 Å². The van der Waals surface area contributed by atoms with Gasteiger partial charge in [-0.25, -0.2) is 8.78 Å². The van der Waals surface area contributed by atoms with E-state index in [9.17, 15) is 14.0 Å². The molecule has 0 N–H and O–H groups in total. The van der Waals surface area contributed by atoms with Crippen molar-refractivity contribution in [2.45, 2.75) is 0 Å². The lowest BCUT2D eigenvalue weighted by Gasteiger charge is -2.37. The van der Waals surface area contributed by atoms with Gasteiger partial charge in [0.05, 0.1) is 5.69 Å². The molecular weight excluding hydrogens is 318 g/mol. The van der Waals surface area contributed by atoms with Gasteiger partial charge in [0.15, 0.2) is 5.82 Å². The first kappa shape index (κ1) is 14.7. The third kappa shape index (κ3) is 2.49. The van der Waals surface area contributed by atoms with Crippen LogP contribution in [0.1, 0.15) is 0 Å². The van der Waals surface area contributed by atoms with Gasteiger partial charge in [-0.2, -0.15) is 0 Å². The van der Waals surface area contributed by atoms with Crippen LogP contribution in [0.4, 0.5) is 20.2 Å². The fourth-order valence-electron chi connectivity index (χ4n) is 2.98. The number of nitrogens with zero attached hydrogens (tertiary/aromatic N) is 4. The van der Waals surface area contributed by atoms with Crippen LogP contribution in [0.3, 0.4) is 0 Å². The number of piperazine rings is 1. The maximum absolute atomic E-state index is 14.3. The molecule has 4 rings (SSSR count). The highest BCUT2D eigenvalue weighted by Crippen LogP contribution is 2.26. The fraction of sp³-hybridized carbons (Fsp3) is 0.250. The molecule has 0 unspecified atom stereocenters. The maximum atomic E-state index is 14.3. The maximum Gasteiger partial charge on any atom is 0.250 e. The number of hydrogen-bond acceptors (Lipinski definition) is 5. The van der Waals surface area contributed by atoms with Gasteiger partial charge in [0.2, 0.25) is 5.52 Å². The normalized spacial score (nSPS) is 15.2. The predicted molar refractivity (Wildman–Crippen MR) is 83.8 cm³/mol. The zero-order valence-electron chi connectivity index (χ0n) is 12.7. The molecule has 0 atom stereocenters. The number of aromatic nitrogens is 2. The summed E-state index contributed by atoms with van der Waals surface area (Å²) in [7, 11) is 0. The standard InChI is InChI=1S/C16H14F2N4O2/c17-11-1-3-12(4-2-11)20-5-7-21(8-6-20)15-10-14-16(9-13(15)18)22(23)24-19-14/h1-4,9-10H,5-8H2. The summed E-state index contributed by atoms with van der Waals surface area (Å²) in [5, 5.41) is 14.9. The average molecular weight is 332 g/mol. The Kier molecular flexibility index (Phi) is 3.44. The molecule has 0 spiro atoms. The van der Waals surface area contributed by atoms with Crippen LogP contribution in [-0.4, -0.2) is 31.3 Å². The van der Waals surface area contributed by atoms with Gasteiger partial charge in [-0.05, 0) is 29.2 Å². The molecular formula is C16H14F2N4O2. The Morgan fingerprint density at radius 3 is 2.38 bits per heavy atom. The average Bonchev–Trinajstić information content (AvgIpc) is 2.95. The Labute approximate surface area is 136 Å². The summed E-state index contributed by atoms with van der Waals surface area (Å²) in [4.78, 5) is 4.21. The van der Waals surface area contributed by atoms with Crippen LogP contribution in [0.15, 0.2) is 41.0 Å². The molecule has 0 radical (unpaired) electrons. The van der Waals surface area contributed by atoms with Crippen molar-refractivity contribution in [3.63, 3.8) is 0 Å². The first-order chi connectivity index (χ1) is 11.6. The first-order valence-electron chi connectivity index (χ1n) is 7.56. The summed E-state index contributed by atoms with van der Waals surface area (Å²) in [5.41, 5.74) is 1.73. The van der Waals surface area contributed by atoms with Gasteiger partial charge < -0.3 is 15.0 Å². The van der Waals surface area contributed by atoms with Crippen molar-refractivity contribution in [3.05, 3.63) is 53.2 Å². The Bertz CT molecular complexity index is 874. The highest BCUT2D eigenvalue weighted by Gasteiger charge is 2.23. The van der Waals surface area contributed by atoms with Gasteiger partial charge >= 0.3 is 0 Å². The zero-order valence-corrected chi connectivity index (χ0v) is 12.7. The van der Waals surface area contributed by atoms with E-state index in [2.05, 4.69) is 14.7 Å². The highest BCUT2D eigenvalue weighted by atomic mass is 19.1. The first-order valence-corrected chi connectivity index (χ1v) is 7.56. The molecule has 2 heterocycles. The van der Waals surface area contributed by atoms with E-state index in [4.69, 9.17) is 0 Å². The fourth-order valence-corrected chi connectivity index (χ4v) is 2.98. The van der Waals surface area contributed by atoms with Crippen molar-refractivity contribution in [1.82, 2.24) is 5.16 Å². The third-order valence-corrected chi connectivity index (χ3v) is 4.27. The van der Waals surface area contributed by atoms with Crippen LogP contribution in [0.25, 0.3) is 11.0 Å². The van der Waals surface area contributed by atoms with E-state index in [-0.39, 0.29) is 16.2 Å². The lowest BCUT2D eigenvalue weighted by Crippen LogP contribution is -2.46. The summed E-state index contributed by atoms with van der Waals surface area (Å²) in [6.07, 6.45) is 0. The van der Waals surface area contributed by atoms with Gasteiger partial charge in [0.1, 0.15) is 5.82 Å². The van der Waals surface area contributed by atoms with Gasteiger partial charge in [-0.1, -0.05) is 0 Å². The van der Waals surface area contributed by atoms with E-state index in [0.717, 1.165) is 11.8 Å². The third-order valence-electron chi connectivity index (χ3n) is 4.27. The number of anilines is 2. The molecule has 124 valence electrons. The van der Waals surface area contributed by atoms with Crippen molar-refractivity contribution in [1.29, 1.82) is 0 Å². The summed E-state index contributed by atoms with van der Waals surface area (Å²) >= 11 is 0. The minimum Gasteiger partial charge on any atom is -0.368 e. The van der Waals surface area contributed by atoms with Crippen LogP contribution >= 0.6 is 0 Å². The van der Waals surface area contributed by atoms with Crippen LogP contribution in [0.5, 0.6) is 0 Å². The van der Waals surface area contributed by atoms with Crippen molar-refractivity contribution in [2.24, 2.45) is 0 Å². The summed E-state index contributed by atoms with van der Waals surface area (Å²) in [6.45, 7) is 2.58. The summed E-state index contributed by atoms with van der Waals surface area (Å²) < 4.78 is 31.8. The van der Waals surface area contributed by atoms with Crippen LogP contribution in [-0.2, 0) is 0 Å². The minimum atomic E-state index is -0.481. The van der Waals surface area contributed by atoms with Crippen molar-refractivity contribution < 1.29 is 18.3 Å². The van der Waals surface area contributed by atoms with Gasteiger partial charge in [-0.3, -0.25) is 4.63 Å². The molecule has 1 aliphatic rings. The second-order valence-corrected chi connectivity index (χ2v) is 5.67. The molecule has 0 amide bonds. The Balaban J connectivity index is 1.53. The second-order valence-electron chi connectivity index (χ2n) is 5.67. The van der Waals surface area contributed by atoms with E-state index in [1.54, 1.807) is 12.1 Å². The van der Waals surface area contributed by atoms with Gasteiger partial charge in [0, 0.05) is 49.2 Å². The van der Waals surface area contributed by atoms with E-state index in [1.807, 2.05) is 4.90 Å². The number of fused-ring (bicyclic) bond motifs is 1. The largest absolute Gasteiger partial charge is 0.368 e. The van der Waals surface area contributed by atoms with Crippen LogP contribution in [0, 0.1) is 16.8 Å². The molecule has 6 nitrogen and oxygen atoms in total. The lowest BCUT2D eigenvalue weighted by atomic mass is 10.2. The topological polar surface area (TPSA) is 59.5 Å². The molecule has 0 saturated carbocycles. The molecule has 3 aromatic rings. The van der Waals surface area contributed by atoms with Crippen molar-refractivity contribution in [3.8, 4) is 0 Å². The molecule has 1 fully saturated rings. The number of benzene rings is 2. The van der Waals surface area contributed by atoms with Crippen LogP contribution in [0.2, 0.25) is 0 Å². The van der Waals surface area contributed by atoms with E-state index >= 15 is 0 Å². The Morgan fingerprint density at radius 2 is 1.67 bits per heavy atom. The second kappa shape index (κ2) is 5.63. The highest BCUT2D eigenvalue weighted by molar-refractivity contribution is 5.76. The van der Waals surface area contributed by atoms with Crippen LogP contribution < -0.4 is 14.7 Å². The monoisotopic (exact) mass is 332 g/mol. The van der Waals surface area contributed by atoms with E-state index in [0.29, 0.717) is 37.4 Å². The predicted octanol–water partition coefficient (Wildman–Crippen LogP) is 2.07.